The lowest BCUT2D eigenvalue weighted by Crippen LogP contribution is -2.36. The summed E-state index contributed by atoms with van der Waals surface area (Å²) in [5.41, 5.74) is 0. The zero-order valence-electron chi connectivity index (χ0n) is 6.47. The van der Waals surface area contributed by atoms with Gasteiger partial charge in [0.2, 0.25) is 0 Å². The molecular formula is C7H13NO2S. The molecule has 11 heavy (non-hydrogen) atoms. The molecule has 4 heteroatoms. The number of hydrogen-bond donors (Lipinski definition) is 1. The van der Waals surface area contributed by atoms with Crippen LogP contribution in [0.25, 0.3) is 0 Å². The van der Waals surface area contributed by atoms with Gasteiger partial charge in [-0.05, 0) is 25.8 Å². The summed E-state index contributed by atoms with van der Waals surface area (Å²) in [6, 6.07) is 0. The third kappa shape index (κ3) is 0.924. The molecule has 2 aliphatic rings. The molecule has 2 aliphatic heterocycles. The van der Waals surface area contributed by atoms with E-state index in [2.05, 4.69) is 5.32 Å². The van der Waals surface area contributed by atoms with Gasteiger partial charge in [0.1, 0.15) is 0 Å². The molecule has 2 saturated heterocycles. The van der Waals surface area contributed by atoms with E-state index in [1.165, 1.54) is 0 Å². The van der Waals surface area contributed by atoms with Gasteiger partial charge in [0.05, 0.1) is 10.5 Å². The van der Waals surface area contributed by atoms with E-state index in [4.69, 9.17) is 0 Å². The Bertz CT molecular complexity index is 246. The van der Waals surface area contributed by atoms with Gasteiger partial charge in [-0.15, -0.1) is 0 Å². The number of rotatable bonds is 0. The van der Waals surface area contributed by atoms with Crippen LogP contribution in [0.3, 0.4) is 0 Å². The van der Waals surface area contributed by atoms with E-state index in [1.54, 1.807) is 0 Å². The van der Waals surface area contributed by atoms with Crippen molar-refractivity contribution in [1.82, 2.24) is 5.32 Å². The molecular weight excluding hydrogens is 162 g/mol. The Morgan fingerprint density at radius 2 is 2.09 bits per heavy atom. The second kappa shape index (κ2) is 2.20. The first-order chi connectivity index (χ1) is 5.16. The normalized spacial score (nSPS) is 41.8. The standard InChI is InChI=1S/C7H13NO2S/c9-11(10)5-1-2-7(11)3-4-8-6-7/h8H,1-6H2. The predicted octanol–water partition coefficient (Wildman–Crippen LogP) is -0.0729. The molecule has 1 unspecified atom stereocenters. The summed E-state index contributed by atoms with van der Waals surface area (Å²) in [6.45, 7) is 1.56. The Morgan fingerprint density at radius 3 is 2.55 bits per heavy atom. The van der Waals surface area contributed by atoms with E-state index in [9.17, 15) is 8.42 Å². The zero-order chi connectivity index (χ0) is 7.95. The summed E-state index contributed by atoms with van der Waals surface area (Å²) in [5, 5.41) is 3.13. The molecule has 0 aromatic carbocycles. The van der Waals surface area contributed by atoms with E-state index in [0.717, 1.165) is 25.8 Å². The van der Waals surface area contributed by atoms with Crippen LogP contribution in [-0.4, -0.2) is 32.0 Å². The van der Waals surface area contributed by atoms with E-state index >= 15 is 0 Å². The molecule has 2 fully saturated rings. The summed E-state index contributed by atoms with van der Waals surface area (Å²) >= 11 is 0. The second-order valence-electron chi connectivity index (χ2n) is 3.53. The zero-order valence-corrected chi connectivity index (χ0v) is 7.28. The maximum Gasteiger partial charge on any atom is 0.157 e. The first kappa shape index (κ1) is 7.55. The van der Waals surface area contributed by atoms with Crippen molar-refractivity contribution in [3.05, 3.63) is 0 Å². The molecule has 0 amide bonds. The molecule has 1 spiro atoms. The number of sulfone groups is 1. The van der Waals surface area contributed by atoms with Crippen molar-refractivity contribution < 1.29 is 8.42 Å². The Morgan fingerprint density at radius 1 is 1.27 bits per heavy atom. The SMILES string of the molecule is O=S1(=O)CCCC12CCNC2. The molecule has 1 N–H and O–H groups in total. The van der Waals surface area contributed by atoms with E-state index < -0.39 is 9.84 Å². The molecule has 0 aromatic heterocycles. The molecule has 2 rings (SSSR count). The maximum atomic E-state index is 11.5. The molecule has 3 nitrogen and oxygen atoms in total. The molecule has 1 atom stereocenters. The monoisotopic (exact) mass is 175 g/mol. The summed E-state index contributed by atoms with van der Waals surface area (Å²) in [5.74, 6) is 0.411. The fraction of sp³-hybridized carbons (Fsp3) is 1.00. The van der Waals surface area contributed by atoms with Crippen LogP contribution < -0.4 is 5.32 Å². The van der Waals surface area contributed by atoms with Crippen LogP contribution >= 0.6 is 0 Å². The van der Waals surface area contributed by atoms with Crippen LogP contribution in [0.2, 0.25) is 0 Å². The Labute approximate surface area is 67.1 Å². The van der Waals surface area contributed by atoms with Gasteiger partial charge in [-0.1, -0.05) is 0 Å². The highest BCUT2D eigenvalue weighted by Crippen LogP contribution is 2.36. The smallest absolute Gasteiger partial charge is 0.157 e. The predicted molar refractivity (Wildman–Crippen MR) is 43.2 cm³/mol. The van der Waals surface area contributed by atoms with Crippen LogP contribution in [0.4, 0.5) is 0 Å². The molecule has 64 valence electrons. The van der Waals surface area contributed by atoms with Crippen LogP contribution in [0.15, 0.2) is 0 Å². The van der Waals surface area contributed by atoms with Crippen molar-refractivity contribution in [2.75, 3.05) is 18.8 Å². The molecule has 0 aromatic rings. The lowest BCUT2D eigenvalue weighted by Gasteiger charge is -2.19. The van der Waals surface area contributed by atoms with Gasteiger partial charge < -0.3 is 5.32 Å². The van der Waals surface area contributed by atoms with E-state index in [1.807, 2.05) is 0 Å². The lowest BCUT2D eigenvalue weighted by molar-refractivity contribution is 0.534. The molecule has 2 heterocycles. The minimum absolute atomic E-state index is 0.354. The Kier molecular flexibility index (Phi) is 1.51. The van der Waals surface area contributed by atoms with Crippen molar-refractivity contribution in [1.29, 1.82) is 0 Å². The van der Waals surface area contributed by atoms with Crippen LogP contribution in [0.5, 0.6) is 0 Å². The highest BCUT2D eigenvalue weighted by atomic mass is 32.2. The molecule has 0 saturated carbocycles. The second-order valence-corrected chi connectivity index (χ2v) is 6.04. The molecule has 0 aliphatic carbocycles. The first-order valence-corrected chi connectivity index (χ1v) is 5.75. The largest absolute Gasteiger partial charge is 0.315 e. The molecule has 0 radical (unpaired) electrons. The van der Waals surface area contributed by atoms with Crippen molar-refractivity contribution in [3.63, 3.8) is 0 Å². The molecule has 0 bridgehead atoms. The Hall–Kier alpha value is -0.0900. The van der Waals surface area contributed by atoms with Crippen molar-refractivity contribution in [2.45, 2.75) is 24.0 Å². The lowest BCUT2D eigenvalue weighted by atomic mass is 10.0. The quantitative estimate of drug-likeness (QED) is 0.560. The highest BCUT2D eigenvalue weighted by Gasteiger charge is 2.49. The summed E-state index contributed by atoms with van der Waals surface area (Å²) in [4.78, 5) is 0. The third-order valence-corrected chi connectivity index (χ3v) is 5.61. The van der Waals surface area contributed by atoms with Gasteiger partial charge in [-0.2, -0.15) is 0 Å². The van der Waals surface area contributed by atoms with Gasteiger partial charge in [0, 0.05) is 6.54 Å². The van der Waals surface area contributed by atoms with Crippen molar-refractivity contribution in [3.8, 4) is 0 Å². The summed E-state index contributed by atoms with van der Waals surface area (Å²) in [6.07, 6.45) is 2.57. The van der Waals surface area contributed by atoms with Gasteiger partial charge in [-0.3, -0.25) is 0 Å². The average molecular weight is 175 g/mol. The first-order valence-electron chi connectivity index (χ1n) is 4.09. The average Bonchev–Trinajstić information content (AvgIpc) is 2.45. The van der Waals surface area contributed by atoms with E-state index in [0.29, 0.717) is 12.3 Å². The van der Waals surface area contributed by atoms with Gasteiger partial charge in [-0.25, -0.2) is 8.42 Å². The summed E-state index contributed by atoms with van der Waals surface area (Å²) < 4.78 is 22.7. The maximum absolute atomic E-state index is 11.5. The van der Waals surface area contributed by atoms with Crippen molar-refractivity contribution >= 4 is 9.84 Å². The van der Waals surface area contributed by atoms with Gasteiger partial charge >= 0.3 is 0 Å². The fourth-order valence-electron chi connectivity index (χ4n) is 2.16. The number of hydrogen-bond acceptors (Lipinski definition) is 3. The van der Waals surface area contributed by atoms with Crippen LogP contribution in [-0.2, 0) is 9.84 Å². The number of nitrogens with one attached hydrogen (secondary N) is 1. The minimum atomic E-state index is -2.75. The van der Waals surface area contributed by atoms with E-state index in [-0.39, 0.29) is 4.75 Å². The Balaban J connectivity index is 2.37. The van der Waals surface area contributed by atoms with Crippen molar-refractivity contribution in [2.24, 2.45) is 0 Å². The fourth-order valence-corrected chi connectivity index (χ4v) is 4.30. The van der Waals surface area contributed by atoms with Crippen LogP contribution in [0.1, 0.15) is 19.3 Å². The summed E-state index contributed by atoms with van der Waals surface area (Å²) in [7, 11) is -2.75. The van der Waals surface area contributed by atoms with Gasteiger partial charge in [0.25, 0.3) is 0 Å². The van der Waals surface area contributed by atoms with Gasteiger partial charge in [0.15, 0.2) is 9.84 Å². The third-order valence-electron chi connectivity index (χ3n) is 2.91. The topological polar surface area (TPSA) is 46.2 Å². The van der Waals surface area contributed by atoms with Crippen LogP contribution in [0, 0.1) is 0 Å². The minimum Gasteiger partial charge on any atom is -0.315 e. The highest BCUT2D eigenvalue weighted by molar-refractivity contribution is 7.93.